The van der Waals surface area contributed by atoms with Crippen molar-refractivity contribution in [3.05, 3.63) is 199 Å². The lowest BCUT2D eigenvalue weighted by Gasteiger charge is -2.28. The molecule has 0 saturated heterocycles. The van der Waals surface area contributed by atoms with Crippen molar-refractivity contribution < 1.29 is 0 Å². The van der Waals surface area contributed by atoms with Crippen molar-refractivity contribution in [2.45, 2.75) is 6.92 Å². The average molecular weight is 710 g/mol. The molecule has 0 fully saturated rings. The fourth-order valence-corrected chi connectivity index (χ4v) is 9.74. The largest absolute Gasteiger partial charge is 0.310 e. The maximum Gasteiger partial charge on any atom is 0.0540 e. The minimum absolute atomic E-state index is 1.12. The molecule has 0 aliphatic rings. The molecule has 0 aliphatic heterocycles. The third-order valence-corrected chi connectivity index (χ3v) is 12.2. The highest BCUT2D eigenvalue weighted by Gasteiger charge is 2.23. The quantitative estimate of drug-likeness (QED) is 0.0977. The molecule has 260 valence electrons. The van der Waals surface area contributed by atoms with Gasteiger partial charge in [0.2, 0.25) is 0 Å². The van der Waals surface area contributed by atoms with Gasteiger partial charge in [-0.15, -0.1) is 0 Å². The van der Waals surface area contributed by atoms with Crippen LogP contribution in [0.1, 0.15) is 16.7 Å². The Kier molecular flexibility index (Phi) is 6.62. The van der Waals surface area contributed by atoms with Crippen LogP contribution in [0.4, 0.5) is 17.1 Å². The Balaban J connectivity index is 1.14. The lowest BCUT2D eigenvalue weighted by atomic mass is 9.82. The summed E-state index contributed by atoms with van der Waals surface area (Å²) in [6.07, 6.45) is 4.38. The zero-order chi connectivity index (χ0) is 36.9. The van der Waals surface area contributed by atoms with Crippen molar-refractivity contribution in [1.82, 2.24) is 0 Å². The molecule has 12 rings (SSSR count). The van der Waals surface area contributed by atoms with Gasteiger partial charge >= 0.3 is 0 Å². The molecular formula is C55H35N. The van der Waals surface area contributed by atoms with E-state index in [9.17, 15) is 0 Å². The second-order valence-corrected chi connectivity index (χ2v) is 15.3. The van der Waals surface area contributed by atoms with Crippen LogP contribution in [0.15, 0.2) is 182 Å². The van der Waals surface area contributed by atoms with Crippen LogP contribution in [0.2, 0.25) is 0 Å². The fourth-order valence-electron chi connectivity index (χ4n) is 9.74. The monoisotopic (exact) mass is 709 g/mol. The summed E-state index contributed by atoms with van der Waals surface area (Å²) >= 11 is 0. The smallest absolute Gasteiger partial charge is 0.0540 e. The SMILES string of the molecule is Cc1ccc(C=Cc2ccc(N(c3ccccc3)c3ccc4c5cccc6c5c(c5cccc3c45)c3cccc4c5cccc7cccc(c75)c6c43)cc2)cc1. The number of benzene rings is 12. The molecule has 0 N–H and O–H groups in total. The Morgan fingerprint density at radius 1 is 0.304 bits per heavy atom. The molecule has 0 atom stereocenters. The molecule has 56 heavy (non-hydrogen) atoms. The van der Waals surface area contributed by atoms with Gasteiger partial charge in [0.15, 0.2) is 0 Å². The minimum Gasteiger partial charge on any atom is -0.310 e. The maximum absolute atomic E-state index is 2.42. The van der Waals surface area contributed by atoms with Crippen molar-refractivity contribution in [3.63, 3.8) is 0 Å². The molecule has 12 aromatic carbocycles. The van der Waals surface area contributed by atoms with Gasteiger partial charge < -0.3 is 4.90 Å². The van der Waals surface area contributed by atoms with E-state index in [2.05, 4.69) is 206 Å². The highest BCUT2D eigenvalue weighted by Crippen LogP contribution is 2.51. The summed E-state index contributed by atoms with van der Waals surface area (Å²) < 4.78 is 0. The first-order chi connectivity index (χ1) is 27.7. The first kappa shape index (κ1) is 31.2. The number of aryl methyl sites for hydroxylation is 1. The molecule has 0 unspecified atom stereocenters. The van der Waals surface area contributed by atoms with Crippen LogP contribution in [0, 0.1) is 6.92 Å². The predicted octanol–water partition coefficient (Wildman–Crippen LogP) is 15.7. The molecule has 0 saturated carbocycles. The van der Waals surface area contributed by atoms with Gasteiger partial charge in [-0.2, -0.15) is 0 Å². The summed E-state index contributed by atoms with van der Waals surface area (Å²) in [7, 11) is 0. The normalized spacial score (nSPS) is 12.3. The number of fused-ring (bicyclic) bond motifs is 6. The zero-order valence-electron chi connectivity index (χ0n) is 30.9. The second-order valence-electron chi connectivity index (χ2n) is 15.3. The molecule has 0 bridgehead atoms. The summed E-state index contributed by atoms with van der Waals surface area (Å²) in [6.45, 7) is 2.13. The third-order valence-electron chi connectivity index (χ3n) is 12.2. The van der Waals surface area contributed by atoms with Gasteiger partial charge in [0, 0.05) is 16.8 Å². The van der Waals surface area contributed by atoms with Gasteiger partial charge in [0.1, 0.15) is 0 Å². The fraction of sp³-hybridized carbons (Fsp3) is 0.0182. The van der Waals surface area contributed by atoms with Gasteiger partial charge in [0.05, 0.1) is 5.69 Å². The molecule has 0 aliphatic carbocycles. The molecule has 0 amide bonds. The number of hydrogen-bond donors (Lipinski definition) is 0. The van der Waals surface area contributed by atoms with E-state index in [1.165, 1.54) is 109 Å². The minimum atomic E-state index is 1.12. The van der Waals surface area contributed by atoms with Gasteiger partial charge in [-0.05, 0) is 129 Å². The second kappa shape index (κ2) is 11.9. The Bertz CT molecular complexity index is 3500. The number of hydrogen-bond acceptors (Lipinski definition) is 1. The molecule has 12 aromatic rings. The van der Waals surface area contributed by atoms with Crippen LogP contribution >= 0.6 is 0 Å². The lowest BCUT2D eigenvalue weighted by molar-refractivity contribution is 1.30. The van der Waals surface area contributed by atoms with E-state index in [-0.39, 0.29) is 0 Å². The number of para-hydroxylation sites is 1. The average Bonchev–Trinajstić information content (AvgIpc) is 3.25. The van der Waals surface area contributed by atoms with E-state index in [4.69, 9.17) is 0 Å². The Morgan fingerprint density at radius 3 is 1.34 bits per heavy atom. The first-order valence-electron chi connectivity index (χ1n) is 19.5. The molecule has 1 heteroatoms. The van der Waals surface area contributed by atoms with Crippen LogP contribution in [-0.2, 0) is 0 Å². The number of nitrogens with zero attached hydrogens (tertiary/aromatic N) is 1. The number of anilines is 3. The molecular weight excluding hydrogens is 675 g/mol. The van der Waals surface area contributed by atoms with Crippen molar-refractivity contribution in [2.75, 3.05) is 4.90 Å². The van der Waals surface area contributed by atoms with Crippen LogP contribution in [-0.4, -0.2) is 0 Å². The summed E-state index contributed by atoms with van der Waals surface area (Å²) in [6, 6.07) is 67.5. The van der Waals surface area contributed by atoms with Crippen LogP contribution in [0.5, 0.6) is 0 Å². The van der Waals surface area contributed by atoms with Crippen molar-refractivity contribution in [2.24, 2.45) is 0 Å². The van der Waals surface area contributed by atoms with Crippen LogP contribution in [0.25, 0.3) is 98.3 Å². The van der Waals surface area contributed by atoms with E-state index in [1.54, 1.807) is 0 Å². The summed E-state index contributed by atoms with van der Waals surface area (Å²) in [5.74, 6) is 0. The highest BCUT2D eigenvalue weighted by molar-refractivity contribution is 6.47. The highest BCUT2D eigenvalue weighted by atomic mass is 15.1. The van der Waals surface area contributed by atoms with Crippen molar-refractivity contribution in [3.8, 4) is 0 Å². The van der Waals surface area contributed by atoms with Gasteiger partial charge in [-0.3, -0.25) is 0 Å². The molecule has 0 heterocycles. The summed E-state index contributed by atoms with van der Waals surface area (Å²) in [4.78, 5) is 2.42. The van der Waals surface area contributed by atoms with Gasteiger partial charge in [0.25, 0.3) is 0 Å². The van der Waals surface area contributed by atoms with E-state index >= 15 is 0 Å². The maximum atomic E-state index is 2.42. The van der Waals surface area contributed by atoms with E-state index < -0.39 is 0 Å². The molecule has 0 aromatic heterocycles. The number of rotatable bonds is 5. The Hall–Kier alpha value is -7.22. The Morgan fingerprint density at radius 2 is 0.732 bits per heavy atom. The topological polar surface area (TPSA) is 3.24 Å². The van der Waals surface area contributed by atoms with Crippen LogP contribution in [0.3, 0.4) is 0 Å². The molecule has 0 radical (unpaired) electrons. The standard InChI is InChI=1S/C55H35N/c1-34-22-24-35(25-23-34)26-27-36-28-30-39(31-29-36)56(38-12-3-2-4-13-38)49-33-32-43-42-16-8-20-47-53(42)55(46-19-9-17-44(49)51(43)46)48-21-7-15-41-40-14-5-10-37-11-6-18-45(50(37)40)54(47)52(41)48/h2-33H,1H3. The first-order valence-corrected chi connectivity index (χ1v) is 19.5. The van der Waals surface area contributed by atoms with Gasteiger partial charge in [-0.25, -0.2) is 0 Å². The van der Waals surface area contributed by atoms with Gasteiger partial charge in [-0.1, -0.05) is 169 Å². The van der Waals surface area contributed by atoms with E-state index in [0.717, 1.165) is 11.4 Å². The van der Waals surface area contributed by atoms with E-state index in [0.29, 0.717) is 0 Å². The third kappa shape index (κ3) is 4.43. The molecule has 1 nitrogen and oxygen atoms in total. The summed E-state index contributed by atoms with van der Waals surface area (Å²) in [5, 5.41) is 21.1. The van der Waals surface area contributed by atoms with E-state index in [1.807, 2.05) is 0 Å². The lowest BCUT2D eigenvalue weighted by Crippen LogP contribution is -2.10. The summed E-state index contributed by atoms with van der Waals surface area (Å²) in [5.41, 5.74) is 7.06. The van der Waals surface area contributed by atoms with Crippen molar-refractivity contribution in [1.29, 1.82) is 0 Å². The predicted molar refractivity (Wildman–Crippen MR) is 244 cm³/mol. The molecule has 0 spiro atoms. The van der Waals surface area contributed by atoms with Crippen LogP contribution < -0.4 is 4.90 Å². The Labute approximate surface area is 324 Å². The van der Waals surface area contributed by atoms with Crippen molar-refractivity contribution >= 4 is 115 Å². The zero-order valence-corrected chi connectivity index (χ0v) is 30.9.